The van der Waals surface area contributed by atoms with Crippen molar-refractivity contribution in [2.75, 3.05) is 13.7 Å². The van der Waals surface area contributed by atoms with Crippen molar-refractivity contribution in [1.82, 2.24) is 0 Å². The minimum atomic E-state index is -0.856. The van der Waals surface area contributed by atoms with Crippen molar-refractivity contribution in [3.63, 3.8) is 0 Å². The zero-order chi connectivity index (χ0) is 11.1. The zero-order valence-corrected chi connectivity index (χ0v) is 8.83. The summed E-state index contributed by atoms with van der Waals surface area (Å²) in [6, 6.07) is 0. The number of carbonyl (C=O) groups excluding carboxylic acids is 2. The SMILES string of the molecule is C=C(C)CCOC(=O)C(C)C(=O)OC. The molecule has 0 fully saturated rings. The number of rotatable bonds is 5. The maximum absolute atomic E-state index is 11.2. The molecule has 0 aliphatic heterocycles. The van der Waals surface area contributed by atoms with E-state index in [0.29, 0.717) is 6.42 Å². The third-order valence-electron chi connectivity index (χ3n) is 1.68. The molecule has 0 heterocycles. The Kier molecular flexibility index (Phi) is 5.60. The van der Waals surface area contributed by atoms with E-state index in [9.17, 15) is 9.59 Å². The molecule has 0 amide bonds. The Morgan fingerprint density at radius 3 is 2.36 bits per heavy atom. The van der Waals surface area contributed by atoms with Gasteiger partial charge in [-0.05, 0) is 13.8 Å². The Morgan fingerprint density at radius 1 is 1.36 bits per heavy atom. The van der Waals surface area contributed by atoms with Crippen molar-refractivity contribution < 1.29 is 19.1 Å². The highest BCUT2D eigenvalue weighted by Gasteiger charge is 2.23. The van der Waals surface area contributed by atoms with E-state index >= 15 is 0 Å². The zero-order valence-electron chi connectivity index (χ0n) is 8.83. The summed E-state index contributed by atoms with van der Waals surface area (Å²) in [5.74, 6) is -1.99. The number of hydrogen-bond acceptors (Lipinski definition) is 4. The van der Waals surface area contributed by atoms with Crippen LogP contribution in [0, 0.1) is 5.92 Å². The Hall–Kier alpha value is -1.32. The van der Waals surface area contributed by atoms with Crippen LogP contribution in [0.2, 0.25) is 0 Å². The van der Waals surface area contributed by atoms with Gasteiger partial charge in [0.2, 0.25) is 0 Å². The van der Waals surface area contributed by atoms with Crippen LogP contribution in [-0.4, -0.2) is 25.7 Å². The molecule has 4 nitrogen and oxygen atoms in total. The summed E-state index contributed by atoms with van der Waals surface area (Å²) < 4.78 is 9.24. The minimum Gasteiger partial charge on any atom is -0.468 e. The Morgan fingerprint density at radius 2 is 1.93 bits per heavy atom. The minimum absolute atomic E-state index is 0.259. The topological polar surface area (TPSA) is 52.6 Å². The Labute approximate surface area is 83.9 Å². The second-order valence-corrected chi connectivity index (χ2v) is 3.12. The molecule has 80 valence electrons. The summed E-state index contributed by atoms with van der Waals surface area (Å²) in [5, 5.41) is 0. The molecular formula is C10H16O4. The van der Waals surface area contributed by atoms with Gasteiger partial charge in [-0.2, -0.15) is 0 Å². The highest BCUT2D eigenvalue weighted by atomic mass is 16.5. The largest absolute Gasteiger partial charge is 0.468 e. The molecule has 0 spiro atoms. The number of hydrogen-bond donors (Lipinski definition) is 0. The van der Waals surface area contributed by atoms with Crippen molar-refractivity contribution in [1.29, 1.82) is 0 Å². The lowest BCUT2D eigenvalue weighted by atomic mass is 10.2. The van der Waals surface area contributed by atoms with E-state index in [1.807, 2.05) is 6.92 Å². The van der Waals surface area contributed by atoms with E-state index in [0.717, 1.165) is 5.57 Å². The van der Waals surface area contributed by atoms with Gasteiger partial charge in [0.1, 0.15) is 0 Å². The first-order valence-electron chi connectivity index (χ1n) is 4.38. The average molecular weight is 200 g/mol. The van der Waals surface area contributed by atoms with Crippen LogP contribution in [0.25, 0.3) is 0 Å². The molecule has 0 rings (SSSR count). The Balaban J connectivity index is 3.84. The second kappa shape index (κ2) is 6.18. The van der Waals surface area contributed by atoms with Gasteiger partial charge in [0, 0.05) is 6.42 Å². The maximum atomic E-state index is 11.2. The quantitative estimate of drug-likeness (QED) is 0.381. The predicted molar refractivity (Wildman–Crippen MR) is 51.6 cm³/mol. The highest BCUT2D eigenvalue weighted by Crippen LogP contribution is 2.03. The van der Waals surface area contributed by atoms with E-state index in [1.54, 1.807) is 0 Å². The molecule has 14 heavy (non-hydrogen) atoms. The summed E-state index contributed by atoms with van der Waals surface area (Å²) in [7, 11) is 1.24. The molecule has 1 unspecified atom stereocenters. The highest BCUT2D eigenvalue weighted by molar-refractivity contribution is 5.94. The molecule has 4 heteroatoms. The van der Waals surface area contributed by atoms with Crippen LogP contribution in [0.4, 0.5) is 0 Å². The molecule has 0 aromatic rings. The first-order chi connectivity index (χ1) is 6.49. The van der Waals surface area contributed by atoms with Crippen LogP contribution in [0.15, 0.2) is 12.2 Å². The lowest BCUT2D eigenvalue weighted by Crippen LogP contribution is -2.24. The Bertz CT molecular complexity index is 232. The van der Waals surface area contributed by atoms with Gasteiger partial charge < -0.3 is 9.47 Å². The van der Waals surface area contributed by atoms with E-state index < -0.39 is 17.9 Å². The maximum Gasteiger partial charge on any atom is 0.320 e. The van der Waals surface area contributed by atoms with Gasteiger partial charge in [-0.1, -0.05) is 5.57 Å². The van der Waals surface area contributed by atoms with Crippen LogP contribution in [0.3, 0.4) is 0 Å². The molecule has 0 bridgehead atoms. The van der Waals surface area contributed by atoms with E-state index in [2.05, 4.69) is 11.3 Å². The summed E-state index contributed by atoms with van der Waals surface area (Å²) in [4.78, 5) is 22.1. The second-order valence-electron chi connectivity index (χ2n) is 3.12. The monoisotopic (exact) mass is 200 g/mol. The predicted octanol–water partition coefficient (Wildman–Crippen LogP) is 1.30. The van der Waals surface area contributed by atoms with Gasteiger partial charge in [-0.15, -0.1) is 6.58 Å². The van der Waals surface area contributed by atoms with Gasteiger partial charge in [0.15, 0.2) is 5.92 Å². The average Bonchev–Trinajstić information content (AvgIpc) is 2.14. The van der Waals surface area contributed by atoms with Crippen molar-refractivity contribution >= 4 is 11.9 Å². The van der Waals surface area contributed by atoms with E-state index in [1.165, 1.54) is 14.0 Å². The molecule has 0 saturated heterocycles. The number of methoxy groups -OCH3 is 1. The van der Waals surface area contributed by atoms with Crippen molar-refractivity contribution in [3.05, 3.63) is 12.2 Å². The fourth-order valence-electron chi connectivity index (χ4n) is 0.724. The fraction of sp³-hybridized carbons (Fsp3) is 0.600. The fourth-order valence-corrected chi connectivity index (χ4v) is 0.724. The molecule has 1 atom stereocenters. The van der Waals surface area contributed by atoms with Crippen LogP contribution >= 0.6 is 0 Å². The summed E-state index contributed by atoms with van der Waals surface area (Å²) >= 11 is 0. The molecule has 0 aromatic heterocycles. The summed E-state index contributed by atoms with van der Waals surface area (Å²) in [6.07, 6.45) is 0.611. The summed E-state index contributed by atoms with van der Waals surface area (Å²) in [5.41, 5.74) is 0.934. The molecular weight excluding hydrogens is 184 g/mol. The standard InChI is InChI=1S/C10H16O4/c1-7(2)5-6-14-10(12)8(3)9(11)13-4/h8H,1,5-6H2,2-4H3. The third kappa shape index (κ3) is 4.64. The van der Waals surface area contributed by atoms with E-state index in [4.69, 9.17) is 4.74 Å². The lowest BCUT2D eigenvalue weighted by molar-refractivity contribution is -0.159. The molecule has 0 aliphatic carbocycles. The van der Waals surface area contributed by atoms with Gasteiger partial charge in [-0.3, -0.25) is 9.59 Å². The molecule has 0 aliphatic rings. The van der Waals surface area contributed by atoms with Crippen LogP contribution in [0.1, 0.15) is 20.3 Å². The third-order valence-corrected chi connectivity index (χ3v) is 1.68. The molecule has 0 N–H and O–H groups in total. The first kappa shape index (κ1) is 12.7. The number of carbonyl (C=O) groups is 2. The van der Waals surface area contributed by atoms with Crippen molar-refractivity contribution in [2.24, 2.45) is 5.92 Å². The van der Waals surface area contributed by atoms with Crippen molar-refractivity contribution in [3.8, 4) is 0 Å². The molecule has 0 radical (unpaired) electrons. The van der Waals surface area contributed by atoms with Gasteiger partial charge in [0.05, 0.1) is 13.7 Å². The molecule has 0 saturated carbocycles. The molecule has 0 aromatic carbocycles. The van der Waals surface area contributed by atoms with Crippen LogP contribution in [0.5, 0.6) is 0 Å². The first-order valence-corrected chi connectivity index (χ1v) is 4.38. The lowest BCUT2D eigenvalue weighted by Gasteiger charge is -2.09. The normalized spacial score (nSPS) is 11.6. The van der Waals surface area contributed by atoms with Crippen LogP contribution < -0.4 is 0 Å². The van der Waals surface area contributed by atoms with E-state index in [-0.39, 0.29) is 6.61 Å². The van der Waals surface area contributed by atoms with Gasteiger partial charge in [0.25, 0.3) is 0 Å². The van der Waals surface area contributed by atoms with Gasteiger partial charge >= 0.3 is 11.9 Å². The summed E-state index contributed by atoms with van der Waals surface area (Å²) in [6.45, 7) is 7.22. The van der Waals surface area contributed by atoms with Gasteiger partial charge in [-0.25, -0.2) is 0 Å². The number of esters is 2. The smallest absolute Gasteiger partial charge is 0.320 e. The van der Waals surface area contributed by atoms with Crippen LogP contribution in [-0.2, 0) is 19.1 Å². The number of ether oxygens (including phenoxy) is 2. The van der Waals surface area contributed by atoms with Crippen molar-refractivity contribution in [2.45, 2.75) is 20.3 Å².